The first-order chi connectivity index (χ1) is 6.79. The standard InChI is InChI=1S/C9H19NO3S2/c1-8(6-11)15(12,13)10-4-5-14-9(2,3)7-10/h8,11H,4-7H2,1-3H3. The maximum absolute atomic E-state index is 12.0. The molecule has 1 saturated heterocycles. The predicted molar refractivity (Wildman–Crippen MR) is 63.6 cm³/mol. The fourth-order valence-corrected chi connectivity index (χ4v) is 4.39. The highest BCUT2D eigenvalue weighted by Gasteiger charge is 2.36. The molecule has 0 aromatic carbocycles. The van der Waals surface area contributed by atoms with Crippen molar-refractivity contribution >= 4 is 21.8 Å². The second-order valence-corrected chi connectivity index (χ2v) is 8.63. The number of aliphatic hydroxyl groups excluding tert-OH is 1. The van der Waals surface area contributed by atoms with Crippen molar-refractivity contribution in [3.63, 3.8) is 0 Å². The molecule has 0 amide bonds. The fourth-order valence-electron chi connectivity index (χ4n) is 1.54. The Balaban J connectivity index is 2.80. The van der Waals surface area contributed by atoms with E-state index in [2.05, 4.69) is 0 Å². The quantitative estimate of drug-likeness (QED) is 0.797. The Labute approximate surface area is 96.1 Å². The minimum absolute atomic E-state index is 0.0273. The van der Waals surface area contributed by atoms with Crippen LogP contribution in [0.25, 0.3) is 0 Å². The Morgan fingerprint density at radius 3 is 2.60 bits per heavy atom. The minimum Gasteiger partial charge on any atom is -0.395 e. The molecule has 0 aromatic rings. The number of thioether (sulfide) groups is 1. The number of sulfonamides is 1. The van der Waals surface area contributed by atoms with E-state index < -0.39 is 15.3 Å². The van der Waals surface area contributed by atoms with Gasteiger partial charge in [-0.15, -0.1) is 0 Å². The Hall–Kier alpha value is 0.220. The van der Waals surface area contributed by atoms with Crippen LogP contribution in [-0.2, 0) is 10.0 Å². The Kier molecular flexibility index (Phi) is 4.08. The molecule has 15 heavy (non-hydrogen) atoms. The molecule has 1 aliphatic heterocycles. The van der Waals surface area contributed by atoms with Crippen LogP contribution in [0.1, 0.15) is 20.8 Å². The topological polar surface area (TPSA) is 57.6 Å². The van der Waals surface area contributed by atoms with Crippen molar-refractivity contribution in [3.8, 4) is 0 Å². The SMILES string of the molecule is CC(CO)S(=O)(=O)N1CCSC(C)(C)C1. The molecule has 1 atom stereocenters. The Bertz CT molecular complexity index is 313. The molecule has 1 aliphatic rings. The molecule has 1 N–H and O–H groups in total. The lowest BCUT2D eigenvalue weighted by molar-refractivity contribution is 0.287. The van der Waals surface area contributed by atoms with E-state index >= 15 is 0 Å². The molecular formula is C9H19NO3S2. The molecule has 4 nitrogen and oxygen atoms in total. The summed E-state index contributed by atoms with van der Waals surface area (Å²) in [5.41, 5.74) is 0. The highest BCUT2D eigenvalue weighted by molar-refractivity contribution is 8.00. The summed E-state index contributed by atoms with van der Waals surface area (Å²) in [5, 5.41) is 8.22. The van der Waals surface area contributed by atoms with Crippen LogP contribution in [0.2, 0.25) is 0 Å². The third-order valence-corrected chi connectivity index (χ3v) is 6.01. The van der Waals surface area contributed by atoms with Crippen molar-refractivity contribution in [2.45, 2.75) is 30.8 Å². The van der Waals surface area contributed by atoms with Crippen LogP contribution in [0.3, 0.4) is 0 Å². The molecule has 0 bridgehead atoms. The van der Waals surface area contributed by atoms with E-state index in [-0.39, 0.29) is 11.4 Å². The van der Waals surface area contributed by atoms with E-state index in [9.17, 15) is 8.42 Å². The van der Waals surface area contributed by atoms with Crippen LogP contribution in [0, 0.1) is 0 Å². The molecule has 1 fully saturated rings. The first kappa shape index (κ1) is 13.3. The third-order valence-electron chi connectivity index (χ3n) is 2.52. The largest absolute Gasteiger partial charge is 0.395 e. The van der Waals surface area contributed by atoms with Gasteiger partial charge in [-0.25, -0.2) is 8.42 Å². The number of aliphatic hydroxyl groups is 1. The molecular weight excluding hydrogens is 234 g/mol. The monoisotopic (exact) mass is 253 g/mol. The molecule has 0 radical (unpaired) electrons. The summed E-state index contributed by atoms with van der Waals surface area (Å²) in [6.45, 7) is 6.41. The molecule has 6 heteroatoms. The van der Waals surface area contributed by atoms with Gasteiger partial charge in [-0.1, -0.05) is 0 Å². The van der Waals surface area contributed by atoms with E-state index in [4.69, 9.17) is 5.11 Å². The summed E-state index contributed by atoms with van der Waals surface area (Å²) >= 11 is 1.79. The number of rotatable bonds is 3. The molecule has 0 spiro atoms. The number of hydrogen-bond donors (Lipinski definition) is 1. The maximum Gasteiger partial charge on any atom is 0.219 e. The molecule has 1 heterocycles. The molecule has 1 unspecified atom stereocenters. The molecule has 0 aromatic heterocycles. The van der Waals surface area contributed by atoms with Gasteiger partial charge in [-0.05, 0) is 20.8 Å². The van der Waals surface area contributed by atoms with Crippen molar-refractivity contribution in [3.05, 3.63) is 0 Å². The van der Waals surface area contributed by atoms with Gasteiger partial charge in [0.25, 0.3) is 0 Å². The second kappa shape index (κ2) is 4.61. The summed E-state index contributed by atoms with van der Waals surface area (Å²) < 4.78 is 25.4. The van der Waals surface area contributed by atoms with Gasteiger partial charge in [-0.3, -0.25) is 0 Å². The lowest BCUT2D eigenvalue weighted by Gasteiger charge is -2.37. The zero-order valence-electron chi connectivity index (χ0n) is 9.43. The van der Waals surface area contributed by atoms with E-state index in [0.717, 1.165) is 5.75 Å². The zero-order valence-corrected chi connectivity index (χ0v) is 11.1. The first-order valence-electron chi connectivity index (χ1n) is 5.03. The third kappa shape index (κ3) is 3.09. The zero-order chi connectivity index (χ0) is 11.7. The lowest BCUT2D eigenvalue weighted by atomic mass is 10.2. The van der Waals surface area contributed by atoms with Crippen LogP contribution >= 0.6 is 11.8 Å². The van der Waals surface area contributed by atoms with E-state index in [1.807, 2.05) is 13.8 Å². The predicted octanol–water partition coefficient (Wildman–Crippen LogP) is 0.524. The average molecular weight is 253 g/mol. The van der Waals surface area contributed by atoms with Crippen LogP contribution in [0.15, 0.2) is 0 Å². The van der Waals surface area contributed by atoms with Crippen LogP contribution in [0.4, 0.5) is 0 Å². The van der Waals surface area contributed by atoms with E-state index in [1.54, 1.807) is 18.7 Å². The molecule has 0 aliphatic carbocycles. The molecule has 1 rings (SSSR count). The van der Waals surface area contributed by atoms with Gasteiger partial charge in [0.05, 0.1) is 11.9 Å². The Morgan fingerprint density at radius 2 is 2.13 bits per heavy atom. The van der Waals surface area contributed by atoms with Gasteiger partial charge in [0, 0.05) is 23.6 Å². The van der Waals surface area contributed by atoms with Gasteiger partial charge in [0.2, 0.25) is 10.0 Å². The van der Waals surface area contributed by atoms with Crippen molar-refractivity contribution in [2.75, 3.05) is 25.4 Å². The lowest BCUT2D eigenvalue weighted by Crippen LogP contribution is -2.49. The van der Waals surface area contributed by atoms with Gasteiger partial charge in [-0.2, -0.15) is 16.1 Å². The van der Waals surface area contributed by atoms with Crippen LogP contribution in [-0.4, -0.2) is 53.3 Å². The van der Waals surface area contributed by atoms with Crippen LogP contribution in [0.5, 0.6) is 0 Å². The average Bonchev–Trinajstić information content (AvgIpc) is 2.15. The van der Waals surface area contributed by atoms with Gasteiger partial charge < -0.3 is 5.11 Å². The molecule has 90 valence electrons. The highest BCUT2D eigenvalue weighted by atomic mass is 32.2. The highest BCUT2D eigenvalue weighted by Crippen LogP contribution is 2.31. The summed E-state index contributed by atoms with van der Waals surface area (Å²) in [4.78, 5) is 0. The smallest absolute Gasteiger partial charge is 0.219 e. The van der Waals surface area contributed by atoms with E-state index in [1.165, 1.54) is 4.31 Å². The fraction of sp³-hybridized carbons (Fsp3) is 1.00. The number of nitrogens with zero attached hydrogens (tertiary/aromatic N) is 1. The minimum atomic E-state index is -3.31. The molecule has 0 saturated carbocycles. The number of hydrogen-bond acceptors (Lipinski definition) is 4. The normalized spacial score (nSPS) is 25.1. The van der Waals surface area contributed by atoms with Gasteiger partial charge in [0.15, 0.2) is 0 Å². The van der Waals surface area contributed by atoms with Gasteiger partial charge in [0.1, 0.15) is 0 Å². The summed E-state index contributed by atoms with van der Waals surface area (Å²) in [6, 6.07) is 0. The van der Waals surface area contributed by atoms with Crippen molar-refractivity contribution in [2.24, 2.45) is 0 Å². The maximum atomic E-state index is 12.0. The second-order valence-electron chi connectivity index (χ2n) is 4.48. The van der Waals surface area contributed by atoms with Gasteiger partial charge >= 0.3 is 0 Å². The van der Waals surface area contributed by atoms with Crippen molar-refractivity contribution < 1.29 is 13.5 Å². The van der Waals surface area contributed by atoms with E-state index in [0.29, 0.717) is 13.1 Å². The van der Waals surface area contributed by atoms with Crippen molar-refractivity contribution in [1.82, 2.24) is 4.31 Å². The summed E-state index contributed by atoms with van der Waals surface area (Å²) in [6.07, 6.45) is 0. The van der Waals surface area contributed by atoms with Crippen molar-refractivity contribution in [1.29, 1.82) is 0 Å². The summed E-state index contributed by atoms with van der Waals surface area (Å²) in [7, 11) is -3.31. The summed E-state index contributed by atoms with van der Waals surface area (Å²) in [5.74, 6) is 0.824. The Morgan fingerprint density at radius 1 is 1.53 bits per heavy atom. The van der Waals surface area contributed by atoms with Crippen LogP contribution < -0.4 is 0 Å². The first-order valence-corrected chi connectivity index (χ1v) is 7.52.